The molecule has 0 bridgehead atoms. The predicted molar refractivity (Wildman–Crippen MR) is 75.7 cm³/mol. The van der Waals surface area contributed by atoms with Gasteiger partial charge >= 0.3 is 11.9 Å². The molecule has 2 radical (unpaired) electrons. The molecule has 0 fully saturated rings. The van der Waals surface area contributed by atoms with Gasteiger partial charge in [0.2, 0.25) is 0 Å². The summed E-state index contributed by atoms with van der Waals surface area (Å²) in [6, 6.07) is 13.0. The maximum Gasteiger partial charge on any atom is 0.335 e. The van der Waals surface area contributed by atoms with Gasteiger partial charge in [-0.25, -0.2) is 9.59 Å². The van der Waals surface area contributed by atoms with E-state index in [1.54, 1.807) is 24.3 Å². The molecule has 6 heteroatoms. The van der Waals surface area contributed by atoms with Crippen LogP contribution in [0.1, 0.15) is 31.8 Å². The first-order valence-corrected chi connectivity index (χ1v) is 5.91. The van der Waals surface area contributed by atoms with Crippen LogP contribution in [0.15, 0.2) is 48.5 Å². The van der Waals surface area contributed by atoms with Gasteiger partial charge in [-0.3, -0.25) is 0 Å². The van der Waals surface area contributed by atoms with Gasteiger partial charge in [0.1, 0.15) is 0 Å². The zero-order valence-corrected chi connectivity index (χ0v) is 14.1. The van der Waals surface area contributed by atoms with Crippen LogP contribution in [-0.2, 0) is 44.8 Å². The first-order valence-electron chi connectivity index (χ1n) is 5.91. The van der Waals surface area contributed by atoms with Gasteiger partial charge in [0.05, 0.1) is 11.1 Å². The molecule has 0 spiro atoms. The van der Waals surface area contributed by atoms with Crippen molar-refractivity contribution in [3.05, 3.63) is 70.8 Å². The summed E-state index contributed by atoms with van der Waals surface area (Å²) < 4.78 is 0. The largest absolute Gasteiger partial charge is 0.478 e. The molecule has 4 nitrogen and oxygen atoms in total. The zero-order valence-electron chi connectivity index (χ0n) is 11.1. The summed E-state index contributed by atoms with van der Waals surface area (Å²) in [4.78, 5) is 21.4. The van der Waals surface area contributed by atoms with Crippen molar-refractivity contribution in [3.8, 4) is 0 Å². The average Bonchev–Trinajstić information content (AvgIpc) is 2.46. The van der Waals surface area contributed by atoms with Crippen molar-refractivity contribution in [2.24, 2.45) is 0 Å². The van der Waals surface area contributed by atoms with E-state index in [2.05, 4.69) is 0 Å². The topological polar surface area (TPSA) is 74.6 Å². The van der Waals surface area contributed by atoms with Gasteiger partial charge in [0.15, 0.2) is 0 Å². The Hall–Kier alpha value is -1.40. The van der Waals surface area contributed by atoms with Crippen LogP contribution >= 0.6 is 0 Å². The zero-order chi connectivity index (χ0) is 14.5. The Morgan fingerprint density at radius 1 is 0.636 bits per heavy atom. The molecule has 0 unspecified atom stereocenters. The van der Waals surface area contributed by atoms with Crippen LogP contribution in [-0.4, -0.2) is 22.2 Å². The number of benzene rings is 2. The number of carboxylic acid groups (broad SMARTS) is 2. The monoisotopic (exact) mass is 482 g/mol. The van der Waals surface area contributed by atoms with Crippen molar-refractivity contribution in [1.29, 1.82) is 0 Å². The molecule has 0 aliphatic rings. The third-order valence-corrected chi connectivity index (χ3v) is 2.78. The van der Waals surface area contributed by atoms with Crippen molar-refractivity contribution in [2.75, 3.05) is 0 Å². The summed E-state index contributed by atoms with van der Waals surface area (Å²) in [5.74, 6) is -1.91. The van der Waals surface area contributed by atoms with Crippen LogP contribution in [0.2, 0.25) is 0 Å². The van der Waals surface area contributed by atoms with Gasteiger partial charge in [-0.2, -0.15) is 0 Å². The van der Waals surface area contributed by atoms with E-state index in [9.17, 15) is 9.59 Å². The summed E-state index contributed by atoms with van der Waals surface area (Å²) in [6.07, 6.45) is 3.67. The summed E-state index contributed by atoms with van der Waals surface area (Å²) in [6.45, 7) is 0. The second-order valence-corrected chi connectivity index (χ2v) is 4.19. The van der Waals surface area contributed by atoms with Crippen molar-refractivity contribution in [1.82, 2.24) is 0 Å². The van der Waals surface area contributed by atoms with E-state index < -0.39 is 11.9 Å². The maximum absolute atomic E-state index is 10.7. The molecular weight excluding hydrogens is 472 g/mol. The Morgan fingerprint density at radius 3 is 1.14 bits per heavy atom. The van der Waals surface area contributed by atoms with Gasteiger partial charge in [-0.15, -0.1) is 0 Å². The SMILES string of the molecule is O=C(O)c1ccc(C=Cc2ccc(C(=O)O)cc2)cc1.[Ag].[Ag]. The molecule has 0 amide bonds. The molecule has 122 valence electrons. The van der Waals surface area contributed by atoms with Crippen LogP contribution in [0.5, 0.6) is 0 Å². The van der Waals surface area contributed by atoms with E-state index in [-0.39, 0.29) is 55.9 Å². The molecule has 2 aromatic rings. The summed E-state index contributed by atoms with van der Waals surface area (Å²) in [5.41, 5.74) is 2.23. The minimum Gasteiger partial charge on any atom is -0.478 e. The first-order chi connectivity index (χ1) is 9.56. The Labute approximate surface area is 158 Å². The third-order valence-electron chi connectivity index (χ3n) is 2.78. The molecule has 0 aliphatic carbocycles. The number of hydrogen-bond donors (Lipinski definition) is 2. The van der Waals surface area contributed by atoms with Crippen molar-refractivity contribution < 1.29 is 64.6 Å². The summed E-state index contributed by atoms with van der Waals surface area (Å²) >= 11 is 0. The molecule has 0 saturated heterocycles. The number of carboxylic acids is 2. The molecule has 2 rings (SSSR count). The van der Waals surface area contributed by atoms with E-state index in [1.807, 2.05) is 12.2 Å². The molecule has 22 heavy (non-hydrogen) atoms. The van der Waals surface area contributed by atoms with E-state index >= 15 is 0 Å². The molecule has 2 N–H and O–H groups in total. The molecule has 2 aromatic carbocycles. The van der Waals surface area contributed by atoms with Crippen molar-refractivity contribution >= 4 is 24.1 Å². The quantitative estimate of drug-likeness (QED) is 0.517. The van der Waals surface area contributed by atoms with Crippen molar-refractivity contribution in [3.63, 3.8) is 0 Å². The second-order valence-electron chi connectivity index (χ2n) is 4.19. The number of rotatable bonds is 4. The summed E-state index contributed by atoms with van der Waals surface area (Å²) in [7, 11) is 0. The van der Waals surface area contributed by atoms with Crippen LogP contribution in [0, 0.1) is 0 Å². The standard InChI is InChI=1S/C16H12O4.2Ag/c17-15(18)13-7-3-11(4-8-13)1-2-12-5-9-14(10-6-12)16(19)20;;/h1-10H,(H,17,18)(H,19,20);;. The predicted octanol–water partition coefficient (Wildman–Crippen LogP) is 3.25. The summed E-state index contributed by atoms with van der Waals surface area (Å²) in [5, 5.41) is 17.6. The molecule has 0 atom stereocenters. The van der Waals surface area contributed by atoms with Crippen molar-refractivity contribution in [2.45, 2.75) is 0 Å². The van der Waals surface area contributed by atoms with Crippen LogP contribution in [0.25, 0.3) is 12.2 Å². The fourth-order valence-corrected chi connectivity index (χ4v) is 1.67. The van der Waals surface area contributed by atoms with E-state index in [0.717, 1.165) is 11.1 Å². The van der Waals surface area contributed by atoms with E-state index in [1.165, 1.54) is 24.3 Å². The van der Waals surface area contributed by atoms with Crippen LogP contribution in [0.4, 0.5) is 0 Å². The molecular formula is C16H12Ag2O4. The van der Waals surface area contributed by atoms with E-state index in [4.69, 9.17) is 10.2 Å². The Balaban J connectivity index is 0.00000220. The molecule has 0 aliphatic heterocycles. The molecule has 0 saturated carbocycles. The molecule has 0 heterocycles. The van der Waals surface area contributed by atoms with Gasteiger partial charge in [-0.05, 0) is 35.4 Å². The third kappa shape index (κ3) is 5.77. The minimum atomic E-state index is -0.954. The second kappa shape index (κ2) is 9.58. The maximum atomic E-state index is 10.7. The Morgan fingerprint density at radius 2 is 0.909 bits per heavy atom. The average molecular weight is 484 g/mol. The smallest absolute Gasteiger partial charge is 0.335 e. The minimum absolute atomic E-state index is 0. The van der Waals surface area contributed by atoms with Gasteiger partial charge in [0, 0.05) is 44.8 Å². The van der Waals surface area contributed by atoms with Gasteiger partial charge < -0.3 is 10.2 Å². The normalized spacial score (nSPS) is 9.64. The first kappa shape index (κ1) is 20.6. The van der Waals surface area contributed by atoms with Gasteiger partial charge in [-0.1, -0.05) is 36.4 Å². The number of carbonyl (C=O) groups is 2. The number of aromatic carboxylic acids is 2. The van der Waals surface area contributed by atoms with Crippen LogP contribution < -0.4 is 0 Å². The van der Waals surface area contributed by atoms with Crippen LogP contribution in [0.3, 0.4) is 0 Å². The Bertz CT molecular complexity index is 602. The fraction of sp³-hybridized carbons (Fsp3) is 0. The Kier molecular flexibility index (Phi) is 8.97. The fourth-order valence-electron chi connectivity index (χ4n) is 1.67. The van der Waals surface area contributed by atoms with Gasteiger partial charge in [0.25, 0.3) is 0 Å². The van der Waals surface area contributed by atoms with E-state index in [0.29, 0.717) is 0 Å². The molecule has 0 aromatic heterocycles. The number of hydrogen-bond acceptors (Lipinski definition) is 2.